The van der Waals surface area contributed by atoms with Crippen LogP contribution in [0.15, 0.2) is 12.3 Å². The molecular formula is C11H21N3O. The molecule has 0 radical (unpaired) electrons. The zero-order chi connectivity index (χ0) is 11.4. The molecule has 0 saturated heterocycles. The third-order valence-electron chi connectivity index (χ3n) is 2.25. The second-order valence-corrected chi connectivity index (χ2v) is 4.37. The smallest absolute Gasteiger partial charge is 0.108 e. The Labute approximate surface area is 91.3 Å². The van der Waals surface area contributed by atoms with Gasteiger partial charge in [-0.3, -0.25) is 4.68 Å². The summed E-state index contributed by atoms with van der Waals surface area (Å²) in [4.78, 5) is 0. The predicted molar refractivity (Wildman–Crippen MR) is 60.7 cm³/mol. The van der Waals surface area contributed by atoms with Gasteiger partial charge in [0.05, 0.1) is 5.69 Å². The maximum absolute atomic E-state index is 9.96. The molecule has 1 atom stereocenters. The fourth-order valence-corrected chi connectivity index (χ4v) is 1.47. The zero-order valence-electron chi connectivity index (χ0n) is 9.94. The van der Waals surface area contributed by atoms with Crippen LogP contribution in [0.3, 0.4) is 0 Å². The quantitative estimate of drug-likeness (QED) is 0.776. The molecule has 15 heavy (non-hydrogen) atoms. The summed E-state index contributed by atoms with van der Waals surface area (Å²) < 4.78 is 1.85. The Morgan fingerprint density at radius 3 is 2.60 bits per heavy atom. The summed E-state index contributed by atoms with van der Waals surface area (Å²) in [5.41, 5.74) is 0.873. The highest BCUT2D eigenvalue weighted by Crippen LogP contribution is 2.15. The first-order valence-electron chi connectivity index (χ1n) is 5.47. The molecular weight excluding hydrogens is 190 g/mol. The zero-order valence-corrected chi connectivity index (χ0v) is 9.94. The van der Waals surface area contributed by atoms with E-state index in [1.807, 2.05) is 10.7 Å². The molecule has 0 aliphatic carbocycles. The number of nitrogens with one attached hydrogen (secondary N) is 1. The molecule has 0 aromatic carbocycles. The number of hydrogen-bond acceptors (Lipinski definition) is 3. The Bertz CT molecular complexity index is 294. The Morgan fingerprint density at radius 2 is 2.07 bits per heavy atom. The molecule has 1 unspecified atom stereocenters. The third kappa shape index (κ3) is 3.32. The summed E-state index contributed by atoms with van der Waals surface area (Å²) in [6.45, 7) is 8.80. The van der Waals surface area contributed by atoms with Gasteiger partial charge in [0.25, 0.3) is 0 Å². The number of rotatable bonds is 5. The summed E-state index contributed by atoms with van der Waals surface area (Å²) in [5.74, 6) is 0. The average Bonchev–Trinajstić information content (AvgIpc) is 2.62. The van der Waals surface area contributed by atoms with E-state index in [0.717, 1.165) is 5.69 Å². The van der Waals surface area contributed by atoms with E-state index >= 15 is 0 Å². The molecule has 0 aliphatic heterocycles. The monoisotopic (exact) mass is 211 g/mol. The minimum atomic E-state index is -0.489. The van der Waals surface area contributed by atoms with E-state index in [4.69, 9.17) is 0 Å². The molecule has 4 heteroatoms. The van der Waals surface area contributed by atoms with Crippen molar-refractivity contribution in [1.82, 2.24) is 15.1 Å². The van der Waals surface area contributed by atoms with Crippen LogP contribution in [0, 0.1) is 0 Å². The SMILES string of the molecule is CC(C)NCC(O)c1ccnn1C(C)C. The minimum absolute atomic E-state index is 0.281. The average molecular weight is 211 g/mol. The van der Waals surface area contributed by atoms with Crippen LogP contribution in [0.25, 0.3) is 0 Å². The standard InChI is InChI=1S/C11H21N3O/c1-8(2)12-7-11(15)10-5-6-13-14(10)9(3)4/h5-6,8-9,11-12,15H,7H2,1-4H3. The van der Waals surface area contributed by atoms with Gasteiger partial charge in [-0.1, -0.05) is 13.8 Å². The minimum Gasteiger partial charge on any atom is -0.385 e. The molecule has 4 nitrogen and oxygen atoms in total. The highest BCUT2D eigenvalue weighted by Gasteiger charge is 2.14. The van der Waals surface area contributed by atoms with Gasteiger partial charge in [0, 0.05) is 24.8 Å². The molecule has 2 N–H and O–H groups in total. The van der Waals surface area contributed by atoms with E-state index in [1.165, 1.54) is 0 Å². The molecule has 0 amide bonds. The van der Waals surface area contributed by atoms with E-state index in [0.29, 0.717) is 12.6 Å². The first-order valence-corrected chi connectivity index (χ1v) is 5.47. The van der Waals surface area contributed by atoms with Gasteiger partial charge in [-0.05, 0) is 19.9 Å². The van der Waals surface area contributed by atoms with Crippen molar-refractivity contribution in [1.29, 1.82) is 0 Å². The number of aliphatic hydroxyl groups is 1. The summed E-state index contributed by atoms with van der Waals surface area (Å²) in [5, 5.41) is 17.4. The van der Waals surface area contributed by atoms with Gasteiger partial charge in [0.2, 0.25) is 0 Å². The van der Waals surface area contributed by atoms with Crippen LogP contribution in [0.5, 0.6) is 0 Å². The highest BCUT2D eigenvalue weighted by atomic mass is 16.3. The molecule has 0 saturated carbocycles. The van der Waals surface area contributed by atoms with Gasteiger partial charge in [-0.15, -0.1) is 0 Å². The first kappa shape index (κ1) is 12.2. The van der Waals surface area contributed by atoms with Gasteiger partial charge >= 0.3 is 0 Å². The lowest BCUT2D eigenvalue weighted by Gasteiger charge is -2.17. The van der Waals surface area contributed by atoms with Gasteiger partial charge in [0.15, 0.2) is 0 Å². The van der Waals surface area contributed by atoms with Crippen LogP contribution in [-0.2, 0) is 0 Å². The van der Waals surface area contributed by atoms with Gasteiger partial charge in [-0.2, -0.15) is 5.10 Å². The van der Waals surface area contributed by atoms with Gasteiger partial charge < -0.3 is 10.4 Å². The maximum Gasteiger partial charge on any atom is 0.108 e. The molecule has 86 valence electrons. The summed E-state index contributed by atoms with van der Waals surface area (Å²) in [6, 6.07) is 2.53. The van der Waals surface area contributed by atoms with Crippen molar-refractivity contribution in [3.63, 3.8) is 0 Å². The van der Waals surface area contributed by atoms with E-state index in [-0.39, 0.29) is 6.04 Å². The molecule has 1 aromatic rings. The largest absolute Gasteiger partial charge is 0.385 e. The topological polar surface area (TPSA) is 50.1 Å². The predicted octanol–water partition coefficient (Wildman–Crippen LogP) is 1.50. The second kappa shape index (κ2) is 5.28. The van der Waals surface area contributed by atoms with Crippen molar-refractivity contribution in [3.8, 4) is 0 Å². The summed E-state index contributed by atoms with van der Waals surface area (Å²) in [7, 11) is 0. The van der Waals surface area contributed by atoms with Crippen LogP contribution in [0.2, 0.25) is 0 Å². The summed E-state index contributed by atoms with van der Waals surface area (Å²) in [6.07, 6.45) is 1.24. The lowest BCUT2D eigenvalue weighted by molar-refractivity contribution is 0.158. The van der Waals surface area contributed by atoms with Crippen LogP contribution in [-0.4, -0.2) is 27.5 Å². The first-order chi connectivity index (χ1) is 7.02. The molecule has 1 heterocycles. The Morgan fingerprint density at radius 1 is 1.40 bits per heavy atom. The number of hydrogen-bond donors (Lipinski definition) is 2. The molecule has 0 bridgehead atoms. The van der Waals surface area contributed by atoms with Crippen molar-refractivity contribution in [3.05, 3.63) is 18.0 Å². The van der Waals surface area contributed by atoms with Crippen molar-refractivity contribution in [2.45, 2.75) is 45.9 Å². The fourth-order valence-electron chi connectivity index (χ4n) is 1.47. The van der Waals surface area contributed by atoms with Crippen molar-refractivity contribution < 1.29 is 5.11 Å². The highest BCUT2D eigenvalue weighted by molar-refractivity contribution is 5.06. The number of nitrogens with zero attached hydrogens (tertiary/aromatic N) is 2. The lowest BCUT2D eigenvalue weighted by Crippen LogP contribution is -2.29. The van der Waals surface area contributed by atoms with Crippen molar-refractivity contribution in [2.75, 3.05) is 6.54 Å². The van der Waals surface area contributed by atoms with Crippen LogP contribution < -0.4 is 5.32 Å². The van der Waals surface area contributed by atoms with E-state index in [1.54, 1.807) is 6.20 Å². The van der Waals surface area contributed by atoms with Crippen LogP contribution >= 0.6 is 0 Å². The van der Waals surface area contributed by atoms with E-state index < -0.39 is 6.10 Å². The van der Waals surface area contributed by atoms with Gasteiger partial charge in [-0.25, -0.2) is 0 Å². The van der Waals surface area contributed by atoms with Gasteiger partial charge in [0.1, 0.15) is 6.10 Å². The van der Waals surface area contributed by atoms with Crippen LogP contribution in [0.4, 0.5) is 0 Å². The molecule has 0 aliphatic rings. The van der Waals surface area contributed by atoms with Crippen molar-refractivity contribution >= 4 is 0 Å². The number of aliphatic hydroxyl groups excluding tert-OH is 1. The lowest BCUT2D eigenvalue weighted by atomic mass is 10.2. The summed E-state index contributed by atoms with van der Waals surface area (Å²) >= 11 is 0. The van der Waals surface area contributed by atoms with Crippen molar-refractivity contribution in [2.24, 2.45) is 0 Å². The van der Waals surface area contributed by atoms with E-state index in [2.05, 4.69) is 38.1 Å². The third-order valence-corrected chi connectivity index (χ3v) is 2.25. The molecule has 0 fully saturated rings. The van der Waals surface area contributed by atoms with Crippen LogP contribution in [0.1, 0.15) is 45.5 Å². The fraction of sp³-hybridized carbons (Fsp3) is 0.727. The molecule has 0 spiro atoms. The Kier molecular flexibility index (Phi) is 4.29. The Balaban J connectivity index is 2.64. The maximum atomic E-state index is 9.96. The molecule has 1 rings (SSSR count). The second-order valence-electron chi connectivity index (χ2n) is 4.37. The normalized spacial score (nSPS) is 13.8. The van der Waals surface area contributed by atoms with E-state index in [9.17, 15) is 5.11 Å². The molecule has 1 aromatic heterocycles. The Hall–Kier alpha value is -0.870. The number of aromatic nitrogens is 2.